The zero-order valence-electron chi connectivity index (χ0n) is 11.0. The van der Waals surface area contributed by atoms with Crippen molar-refractivity contribution in [3.05, 3.63) is 54.4 Å². The van der Waals surface area contributed by atoms with Gasteiger partial charge in [0.15, 0.2) is 0 Å². The van der Waals surface area contributed by atoms with Crippen molar-refractivity contribution in [3.8, 4) is 11.1 Å². The van der Waals surface area contributed by atoms with E-state index in [2.05, 4.69) is 37.9 Å². The molecule has 1 heterocycles. The third kappa shape index (κ3) is 4.39. The number of rotatable bonds is 2. The van der Waals surface area contributed by atoms with Crippen LogP contribution in [0.2, 0.25) is 0 Å². The van der Waals surface area contributed by atoms with Crippen LogP contribution in [0.3, 0.4) is 0 Å². The highest BCUT2D eigenvalue weighted by molar-refractivity contribution is 5.65. The lowest BCUT2D eigenvalue weighted by Gasteiger charge is -2.03. The number of aromatic nitrogens is 1. The summed E-state index contributed by atoms with van der Waals surface area (Å²) in [5, 5.41) is 0. The molecule has 0 fully saturated rings. The minimum absolute atomic E-state index is 1.21. The molecule has 0 radical (unpaired) electrons. The average Bonchev–Trinajstić information content (AvgIpc) is 2.41. The Bertz CT molecular complexity index is 419. The van der Waals surface area contributed by atoms with E-state index >= 15 is 0 Å². The van der Waals surface area contributed by atoms with Gasteiger partial charge in [0.05, 0.1) is 0 Å². The van der Waals surface area contributed by atoms with E-state index in [1.807, 2.05) is 36.7 Å². The first kappa shape index (κ1) is 13.4. The minimum atomic E-state index is 1.21. The van der Waals surface area contributed by atoms with Crippen molar-refractivity contribution in [1.82, 2.24) is 4.98 Å². The summed E-state index contributed by atoms with van der Waals surface area (Å²) in [7, 11) is 0. The first-order valence-electron chi connectivity index (χ1n) is 6.25. The summed E-state index contributed by atoms with van der Waals surface area (Å²) in [6, 6.07) is 12.3. The van der Waals surface area contributed by atoms with Gasteiger partial charge in [0, 0.05) is 18.0 Å². The molecule has 0 bridgehead atoms. The number of hydrogen-bond acceptors (Lipinski definition) is 1. The fraction of sp³-hybridized carbons (Fsp3) is 0.312. The van der Waals surface area contributed by atoms with E-state index in [1.165, 1.54) is 29.5 Å². The van der Waals surface area contributed by atoms with Gasteiger partial charge in [-0.25, -0.2) is 0 Å². The summed E-state index contributed by atoms with van der Waals surface area (Å²) in [6.07, 6.45) is 6.37. The third-order valence-electron chi connectivity index (χ3n) is 2.62. The molecule has 0 aliphatic heterocycles. The molecular weight excluding hydrogens is 206 g/mol. The molecule has 0 spiro atoms. The zero-order valence-corrected chi connectivity index (χ0v) is 11.0. The standard InChI is InChI=1S/C12H11N.C4H10/c1-10-7-8-13-9-12(10)11-5-3-2-4-6-11;1-3-4-2/h2-9H,1H3;3-4H2,1-2H3. The molecule has 90 valence electrons. The van der Waals surface area contributed by atoms with Crippen molar-refractivity contribution >= 4 is 0 Å². The summed E-state index contributed by atoms with van der Waals surface area (Å²) in [4.78, 5) is 4.12. The fourth-order valence-electron chi connectivity index (χ4n) is 1.38. The quantitative estimate of drug-likeness (QED) is 0.713. The van der Waals surface area contributed by atoms with Crippen molar-refractivity contribution in [3.63, 3.8) is 0 Å². The van der Waals surface area contributed by atoms with Crippen LogP contribution in [0.5, 0.6) is 0 Å². The monoisotopic (exact) mass is 227 g/mol. The average molecular weight is 227 g/mol. The van der Waals surface area contributed by atoms with Crippen LogP contribution in [-0.2, 0) is 0 Å². The predicted octanol–water partition coefficient (Wildman–Crippen LogP) is 4.86. The summed E-state index contributed by atoms with van der Waals surface area (Å²) < 4.78 is 0. The highest BCUT2D eigenvalue weighted by Gasteiger charge is 1.98. The Hall–Kier alpha value is -1.63. The van der Waals surface area contributed by atoms with Gasteiger partial charge >= 0.3 is 0 Å². The van der Waals surface area contributed by atoms with Crippen LogP contribution in [0.15, 0.2) is 48.8 Å². The molecule has 0 saturated heterocycles. The molecule has 0 amide bonds. The number of pyridine rings is 1. The van der Waals surface area contributed by atoms with Crippen LogP contribution in [0.4, 0.5) is 0 Å². The van der Waals surface area contributed by atoms with E-state index < -0.39 is 0 Å². The molecule has 0 saturated carbocycles. The highest BCUT2D eigenvalue weighted by Crippen LogP contribution is 2.20. The summed E-state index contributed by atoms with van der Waals surface area (Å²) >= 11 is 0. The Balaban J connectivity index is 0.000000317. The number of aryl methyl sites for hydroxylation is 1. The van der Waals surface area contributed by atoms with Crippen LogP contribution >= 0.6 is 0 Å². The molecule has 17 heavy (non-hydrogen) atoms. The van der Waals surface area contributed by atoms with E-state index in [4.69, 9.17) is 0 Å². The maximum absolute atomic E-state index is 4.12. The van der Waals surface area contributed by atoms with Crippen LogP contribution in [0.1, 0.15) is 32.3 Å². The number of hydrogen-bond donors (Lipinski definition) is 0. The normalized spacial score (nSPS) is 9.35. The second-order valence-corrected chi connectivity index (χ2v) is 4.06. The lowest BCUT2D eigenvalue weighted by Crippen LogP contribution is -1.83. The maximum Gasteiger partial charge on any atom is 0.0349 e. The predicted molar refractivity (Wildman–Crippen MR) is 75.0 cm³/mol. The lowest BCUT2D eigenvalue weighted by atomic mass is 10.0. The topological polar surface area (TPSA) is 12.9 Å². The first-order chi connectivity index (χ1) is 8.29. The Morgan fingerprint density at radius 1 is 0.941 bits per heavy atom. The summed E-state index contributed by atoms with van der Waals surface area (Å²) in [6.45, 7) is 6.46. The summed E-state index contributed by atoms with van der Waals surface area (Å²) in [5.74, 6) is 0. The van der Waals surface area contributed by atoms with E-state index in [1.54, 1.807) is 0 Å². The number of benzene rings is 1. The van der Waals surface area contributed by atoms with Gasteiger partial charge in [0.1, 0.15) is 0 Å². The molecule has 0 N–H and O–H groups in total. The van der Waals surface area contributed by atoms with Gasteiger partial charge in [0.2, 0.25) is 0 Å². The van der Waals surface area contributed by atoms with Crippen molar-refractivity contribution in [1.29, 1.82) is 0 Å². The molecule has 1 aromatic carbocycles. The first-order valence-corrected chi connectivity index (χ1v) is 6.25. The van der Waals surface area contributed by atoms with Gasteiger partial charge in [-0.05, 0) is 24.1 Å². The number of unbranched alkanes of at least 4 members (excludes halogenated alkanes) is 1. The van der Waals surface area contributed by atoms with E-state index in [0.29, 0.717) is 0 Å². The number of nitrogens with zero attached hydrogens (tertiary/aromatic N) is 1. The van der Waals surface area contributed by atoms with Crippen molar-refractivity contribution < 1.29 is 0 Å². The van der Waals surface area contributed by atoms with Crippen LogP contribution in [-0.4, -0.2) is 4.98 Å². The van der Waals surface area contributed by atoms with E-state index in [-0.39, 0.29) is 0 Å². The zero-order chi connectivity index (χ0) is 12.5. The fourth-order valence-corrected chi connectivity index (χ4v) is 1.38. The van der Waals surface area contributed by atoms with Gasteiger partial charge in [0.25, 0.3) is 0 Å². The Morgan fingerprint density at radius 3 is 2.12 bits per heavy atom. The van der Waals surface area contributed by atoms with E-state index in [0.717, 1.165) is 0 Å². The maximum atomic E-state index is 4.12. The third-order valence-corrected chi connectivity index (χ3v) is 2.62. The van der Waals surface area contributed by atoms with Gasteiger partial charge in [-0.15, -0.1) is 0 Å². The molecule has 0 aliphatic rings. The summed E-state index contributed by atoms with van der Waals surface area (Å²) in [5.41, 5.74) is 3.71. The van der Waals surface area contributed by atoms with Gasteiger partial charge < -0.3 is 0 Å². The molecule has 2 rings (SSSR count). The van der Waals surface area contributed by atoms with Gasteiger partial charge in [-0.2, -0.15) is 0 Å². The van der Waals surface area contributed by atoms with Gasteiger partial charge in [-0.3, -0.25) is 4.98 Å². The molecule has 0 aliphatic carbocycles. The minimum Gasteiger partial charge on any atom is -0.264 e. The Morgan fingerprint density at radius 2 is 1.59 bits per heavy atom. The van der Waals surface area contributed by atoms with Crippen molar-refractivity contribution in [2.75, 3.05) is 0 Å². The van der Waals surface area contributed by atoms with Crippen molar-refractivity contribution in [2.45, 2.75) is 33.6 Å². The molecule has 1 nitrogen and oxygen atoms in total. The molecule has 1 heteroatoms. The SMILES string of the molecule is CCCC.Cc1ccncc1-c1ccccc1. The van der Waals surface area contributed by atoms with Crippen molar-refractivity contribution in [2.24, 2.45) is 0 Å². The molecule has 1 aromatic heterocycles. The Labute approximate surface area is 105 Å². The largest absolute Gasteiger partial charge is 0.264 e. The molecule has 0 atom stereocenters. The molecule has 0 unspecified atom stereocenters. The van der Waals surface area contributed by atoms with Crippen LogP contribution in [0.25, 0.3) is 11.1 Å². The second kappa shape index (κ2) is 7.61. The highest BCUT2D eigenvalue weighted by atomic mass is 14.6. The van der Waals surface area contributed by atoms with E-state index in [9.17, 15) is 0 Å². The smallest absolute Gasteiger partial charge is 0.0349 e. The second-order valence-electron chi connectivity index (χ2n) is 4.06. The van der Waals surface area contributed by atoms with Crippen LogP contribution < -0.4 is 0 Å². The van der Waals surface area contributed by atoms with Crippen LogP contribution in [0, 0.1) is 6.92 Å². The lowest BCUT2D eigenvalue weighted by molar-refractivity contribution is 0.886. The molecular formula is C16H21N. The van der Waals surface area contributed by atoms with Gasteiger partial charge in [-0.1, -0.05) is 57.0 Å². The Kier molecular flexibility index (Phi) is 6.02. The molecule has 2 aromatic rings.